The molecule has 3 aromatic rings. The molecule has 1 atom stereocenters. The van der Waals surface area contributed by atoms with Crippen LogP contribution in [-0.2, 0) is 4.79 Å². The zero-order valence-corrected chi connectivity index (χ0v) is 20.6. The monoisotopic (exact) mass is 483 g/mol. The topological polar surface area (TPSA) is 63.1 Å². The number of anilines is 1. The summed E-state index contributed by atoms with van der Waals surface area (Å²) in [6.07, 6.45) is 10.3. The number of carbonyl (C=O) groups is 1. The van der Waals surface area contributed by atoms with E-state index in [0.717, 1.165) is 65.8 Å². The smallest absolute Gasteiger partial charge is 0.224 e. The summed E-state index contributed by atoms with van der Waals surface area (Å²) in [6, 6.07) is 7.65. The van der Waals surface area contributed by atoms with E-state index in [9.17, 15) is 4.79 Å². The third-order valence-electron chi connectivity index (χ3n) is 6.64. The number of nitrogens with one attached hydrogen (secondary N) is 1. The van der Waals surface area contributed by atoms with Crippen LogP contribution in [-0.4, -0.2) is 40.3 Å². The second-order valence-corrected chi connectivity index (χ2v) is 10.5. The highest BCUT2D eigenvalue weighted by Crippen LogP contribution is 2.34. The van der Waals surface area contributed by atoms with Gasteiger partial charge in [0.1, 0.15) is 0 Å². The molecule has 1 amide bonds. The highest BCUT2D eigenvalue weighted by atomic mass is 35.5. The summed E-state index contributed by atoms with van der Waals surface area (Å²) >= 11 is 7.72. The van der Waals surface area contributed by atoms with E-state index in [0.29, 0.717) is 5.02 Å². The summed E-state index contributed by atoms with van der Waals surface area (Å²) in [6.45, 7) is 4.42. The zero-order valence-electron chi connectivity index (χ0n) is 19.0. The summed E-state index contributed by atoms with van der Waals surface area (Å²) in [5.74, 6) is 0.195. The molecule has 1 aliphatic carbocycles. The van der Waals surface area contributed by atoms with Gasteiger partial charge in [-0.05, 0) is 76.1 Å². The van der Waals surface area contributed by atoms with Gasteiger partial charge in [-0.25, -0.2) is 4.68 Å². The van der Waals surface area contributed by atoms with Crippen LogP contribution in [0.3, 0.4) is 0 Å². The fourth-order valence-electron chi connectivity index (χ4n) is 4.81. The van der Waals surface area contributed by atoms with Gasteiger partial charge in [0.2, 0.25) is 5.91 Å². The molecule has 6 nitrogen and oxygen atoms in total. The summed E-state index contributed by atoms with van der Waals surface area (Å²) in [5.41, 5.74) is 4.28. The first kappa shape index (κ1) is 22.4. The number of allylic oxidation sites excluding steroid dienone is 1. The number of piperidine rings is 1. The first-order chi connectivity index (χ1) is 16.1. The van der Waals surface area contributed by atoms with Gasteiger partial charge in [0.05, 0.1) is 22.0 Å². The Kier molecular flexibility index (Phi) is 6.69. The van der Waals surface area contributed by atoms with Crippen molar-refractivity contribution < 1.29 is 4.79 Å². The number of hydrogen-bond donors (Lipinski definition) is 1. The van der Waals surface area contributed by atoms with E-state index in [1.54, 1.807) is 11.3 Å². The second-order valence-electron chi connectivity index (χ2n) is 9.06. The summed E-state index contributed by atoms with van der Waals surface area (Å²) < 4.78 is 2.97. The lowest BCUT2D eigenvalue weighted by Crippen LogP contribution is -2.43. The van der Waals surface area contributed by atoms with Crippen LogP contribution in [0, 0.1) is 12.8 Å². The van der Waals surface area contributed by atoms with Crippen LogP contribution in [0.15, 0.2) is 35.9 Å². The predicted octanol–water partition coefficient (Wildman–Crippen LogP) is 5.67. The minimum atomic E-state index is 0.0139. The number of rotatable bonds is 6. The normalized spacial score (nSPS) is 19.0. The Labute approximate surface area is 203 Å². The van der Waals surface area contributed by atoms with E-state index >= 15 is 0 Å². The predicted molar refractivity (Wildman–Crippen MR) is 136 cm³/mol. The van der Waals surface area contributed by atoms with E-state index in [1.165, 1.54) is 31.3 Å². The van der Waals surface area contributed by atoms with Gasteiger partial charge in [-0.2, -0.15) is 10.1 Å². The SMILES string of the molecule is Cc1nn(-c2ccc(Cl)cc2)c2nc(N3CCC[C@@H](C(=O)NCCC4=CCCCC4)C3)sc12. The van der Waals surface area contributed by atoms with Crippen molar-refractivity contribution in [1.29, 1.82) is 0 Å². The Morgan fingerprint density at radius 2 is 2.09 bits per heavy atom. The molecule has 33 heavy (non-hydrogen) atoms. The summed E-state index contributed by atoms with van der Waals surface area (Å²) in [4.78, 5) is 20.1. The van der Waals surface area contributed by atoms with Crippen LogP contribution in [0.2, 0.25) is 5.02 Å². The summed E-state index contributed by atoms with van der Waals surface area (Å²) in [5, 5.41) is 9.55. The zero-order chi connectivity index (χ0) is 22.8. The van der Waals surface area contributed by atoms with Crippen LogP contribution in [0.5, 0.6) is 0 Å². The van der Waals surface area contributed by atoms with E-state index in [4.69, 9.17) is 16.6 Å². The van der Waals surface area contributed by atoms with Gasteiger partial charge in [-0.1, -0.05) is 34.6 Å². The van der Waals surface area contributed by atoms with E-state index in [-0.39, 0.29) is 11.8 Å². The third-order valence-corrected chi connectivity index (χ3v) is 8.11. The average molecular weight is 484 g/mol. The average Bonchev–Trinajstić information content (AvgIpc) is 3.41. The van der Waals surface area contributed by atoms with Gasteiger partial charge in [0.25, 0.3) is 0 Å². The standard InChI is InChI=1S/C25H30ClN5OS/c1-17-22-23(31(29-17)21-11-9-20(26)10-12-21)28-25(33-22)30-15-5-8-19(16-30)24(32)27-14-13-18-6-3-2-4-7-18/h6,9-12,19H,2-5,7-8,13-16H2,1H3,(H,27,32)/t19-/m1/s1. The Morgan fingerprint density at radius 1 is 1.24 bits per heavy atom. The molecule has 0 bridgehead atoms. The minimum absolute atomic E-state index is 0.0139. The number of aryl methyl sites for hydroxylation is 1. The van der Waals surface area contributed by atoms with Crippen LogP contribution in [0.1, 0.15) is 50.6 Å². The molecule has 8 heteroatoms. The molecule has 1 aliphatic heterocycles. The maximum Gasteiger partial charge on any atom is 0.224 e. The van der Waals surface area contributed by atoms with Crippen LogP contribution in [0.4, 0.5) is 5.13 Å². The van der Waals surface area contributed by atoms with Crippen LogP contribution < -0.4 is 10.2 Å². The maximum absolute atomic E-state index is 12.9. The highest BCUT2D eigenvalue weighted by molar-refractivity contribution is 7.22. The molecule has 0 saturated carbocycles. The first-order valence-corrected chi connectivity index (χ1v) is 13.1. The molecule has 1 N–H and O–H groups in total. The van der Waals surface area contributed by atoms with Crippen molar-refractivity contribution in [2.45, 2.75) is 51.9 Å². The molecule has 1 aromatic carbocycles. The van der Waals surface area contributed by atoms with Gasteiger partial charge in [-0.3, -0.25) is 4.79 Å². The van der Waals surface area contributed by atoms with E-state index < -0.39 is 0 Å². The molecule has 1 saturated heterocycles. The Morgan fingerprint density at radius 3 is 2.88 bits per heavy atom. The Hall–Kier alpha value is -2.38. The third kappa shape index (κ3) is 4.94. The molecule has 0 radical (unpaired) electrons. The molecular weight excluding hydrogens is 454 g/mol. The van der Waals surface area contributed by atoms with Gasteiger partial charge in [0, 0.05) is 24.7 Å². The molecule has 1 fully saturated rings. The van der Waals surface area contributed by atoms with Crippen molar-refractivity contribution in [3.8, 4) is 5.69 Å². The number of benzene rings is 1. The molecule has 0 spiro atoms. The van der Waals surface area contributed by atoms with Gasteiger partial charge >= 0.3 is 0 Å². The molecule has 5 rings (SSSR count). The largest absolute Gasteiger partial charge is 0.355 e. The number of fused-ring (bicyclic) bond motifs is 1. The number of carbonyl (C=O) groups excluding carboxylic acids is 1. The van der Waals surface area contributed by atoms with Crippen LogP contribution >= 0.6 is 22.9 Å². The lowest BCUT2D eigenvalue weighted by Gasteiger charge is -2.31. The number of halogens is 1. The lowest BCUT2D eigenvalue weighted by molar-refractivity contribution is -0.125. The molecule has 2 aromatic heterocycles. The Balaban J connectivity index is 1.26. The van der Waals surface area contributed by atoms with E-state index in [1.807, 2.05) is 35.9 Å². The number of aromatic nitrogens is 3. The molecule has 2 aliphatic rings. The fourth-order valence-corrected chi connectivity index (χ4v) is 5.96. The first-order valence-electron chi connectivity index (χ1n) is 11.9. The lowest BCUT2D eigenvalue weighted by atomic mass is 9.96. The van der Waals surface area contributed by atoms with Gasteiger partial charge < -0.3 is 10.2 Å². The van der Waals surface area contributed by atoms with Crippen molar-refractivity contribution in [2.24, 2.45) is 5.92 Å². The highest BCUT2D eigenvalue weighted by Gasteiger charge is 2.28. The molecular formula is C25H30ClN5OS. The minimum Gasteiger partial charge on any atom is -0.355 e. The number of hydrogen-bond acceptors (Lipinski definition) is 5. The quantitative estimate of drug-likeness (QED) is 0.459. The second kappa shape index (κ2) is 9.85. The van der Waals surface area contributed by atoms with Gasteiger partial charge in [-0.15, -0.1) is 0 Å². The van der Waals surface area contributed by atoms with Crippen molar-refractivity contribution in [2.75, 3.05) is 24.5 Å². The molecule has 0 unspecified atom stereocenters. The van der Waals surface area contributed by atoms with E-state index in [2.05, 4.69) is 21.4 Å². The number of nitrogens with zero attached hydrogens (tertiary/aromatic N) is 4. The van der Waals surface area contributed by atoms with Crippen molar-refractivity contribution in [3.05, 3.63) is 46.6 Å². The number of amides is 1. The van der Waals surface area contributed by atoms with Gasteiger partial charge in [0.15, 0.2) is 10.8 Å². The number of thiazole rings is 1. The molecule has 3 heterocycles. The maximum atomic E-state index is 12.9. The summed E-state index contributed by atoms with van der Waals surface area (Å²) in [7, 11) is 0. The Bertz CT molecular complexity index is 1170. The van der Waals surface area contributed by atoms with Crippen molar-refractivity contribution in [3.63, 3.8) is 0 Å². The van der Waals surface area contributed by atoms with Crippen molar-refractivity contribution >= 4 is 44.3 Å². The fraction of sp³-hybridized carbons (Fsp3) is 0.480. The van der Waals surface area contributed by atoms with Crippen molar-refractivity contribution in [1.82, 2.24) is 20.1 Å². The van der Waals surface area contributed by atoms with Crippen LogP contribution in [0.25, 0.3) is 16.0 Å². The molecule has 174 valence electrons.